The number of ether oxygens (including phenoxy) is 2. The highest BCUT2D eigenvalue weighted by molar-refractivity contribution is 6.01. The number of carbonyl (C=O) groups is 1. The van der Waals surface area contributed by atoms with Gasteiger partial charge in [-0.3, -0.25) is 4.79 Å². The molecule has 4 heteroatoms. The van der Waals surface area contributed by atoms with E-state index in [0.29, 0.717) is 17.1 Å². The monoisotopic (exact) mass is 235 g/mol. The molecule has 17 heavy (non-hydrogen) atoms. The fourth-order valence-corrected chi connectivity index (χ4v) is 2.06. The maximum atomic E-state index is 12.2. The first-order chi connectivity index (χ1) is 8.24. The summed E-state index contributed by atoms with van der Waals surface area (Å²) in [5.41, 5.74) is 0.639. The molecule has 1 aliphatic heterocycles. The van der Waals surface area contributed by atoms with Gasteiger partial charge in [-0.2, -0.15) is 0 Å². The van der Waals surface area contributed by atoms with Gasteiger partial charge in [0, 0.05) is 11.6 Å². The highest BCUT2D eigenvalue weighted by atomic mass is 16.5. The van der Waals surface area contributed by atoms with E-state index in [4.69, 9.17) is 9.47 Å². The van der Waals surface area contributed by atoms with Crippen LogP contribution in [-0.2, 0) is 0 Å². The SMILES string of the molecule is COc1cc(OC)cc(C(=O)[C@@H]2CCCN2)c1. The molecule has 0 bridgehead atoms. The molecule has 0 radical (unpaired) electrons. The van der Waals surface area contributed by atoms with E-state index in [1.54, 1.807) is 32.4 Å². The lowest BCUT2D eigenvalue weighted by molar-refractivity contribution is 0.0951. The van der Waals surface area contributed by atoms with Crippen LogP contribution < -0.4 is 14.8 Å². The van der Waals surface area contributed by atoms with Crippen molar-refractivity contribution < 1.29 is 14.3 Å². The summed E-state index contributed by atoms with van der Waals surface area (Å²) in [4.78, 5) is 12.2. The fourth-order valence-electron chi connectivity index (χ4n) is 2.06. The van der Waals surface area contributed by atoms with E-state index in [1.807, 2.05) is 0 Å². The van der Waals surface area contributed by atoms with E-state index in [0.717, 1.165) is 19.4 Å². The number of rotatable bonds is 4. The molecule has 0 saturated carbocycles. The lowest BCUT2D eigenvalue weighted by Gasteiger charge is -2.11. The number of Topliss-reactive ketones (excluding diaryl/α,β-unsaturated/α-hetero) is 1. The van der Waals surface area contributed by atoms with E-state index in [2.05, 4.69) is 5.32 Å². The topological polar surface area (TPSA) is 47.6 Å². The maximum absolute atomic E-state index is 12.2. The van der Waals surface area contributed by atoms with Crippen LogP contribution >= 0.6 is 0 Å². The summed E-state index contributed by atoms with van der Waals surface area (Å²) >= 11 is 0. The molecule has 92 valence electrons. The van der Waals surface area contributed by atoms with E-state index < -0.39 is 0 Å². The Balaban J connectivity index is 2.26. The molecule has 1 saturated heterocycles. The molecule has 1 fully saturated rings. The van der Waals surface area contributed by atoms with Gasteiger partial charge in [0.1, 0.15) is 11.5 Å². The number of hydrogen-bond donors (Lipinski definition) is 1. The van der Waals surface area contributed by atoms with Crippen molar-refractivity contribution in [2.75, 3.05) is 20.8 Å². The normalized spacial score (nSPS) is 19.1. The smallest absolute Gasteiger partial charge is 0.179 e. The van der Waals surface area contributed by atoms with E-state index in [9.17, 15) is 4.79 Å². The Labute approximate surface area is 101 Å². The average molecular weight is 235 g/mol. The number of nitrogens with one attached hydrogen (secondary N) is 1. The van der Waals surface area contributed by atoms with Crippen LogP contribution in [0, 0.1) is 0 Å². The number of hydrogen-bond acceptors (Lipinski definition) is 4. The first-order valence-electron chi connectivity index (χ1n) is 5.75. The number of ketones is 1. The summed E-state index contributed by atoms with van der Waals surface area (Å²) in [6.07, 6.45) is 1.95. The Hall–Kier alpha value is -1.55. The van der Waals surface area contributed by atoms with Gasteiger partial charge < -0.3 is 14.8 Å². The van der Waals surface area contributed by atoms with Crippen LogP contribution in [0.5, 0.6) is 11.5 Å². The minimum atomic E-state index is -0.0631. The van der Waals surface area contributed by atoms with E-state index in [1.165, 1.54) is 0 Å². The second-order valence-electron chi connectivity index (χ2n) is 4.11. The highest BCUT2D eigenvalue weighted by Crippen LogP contribution is 2.24. The molecule has 4 nitrogen and oxygen atoms in total. The first-order valence-corrected chi connectivity index (χ1v) is 5.75. The largest absolute Gasteiger partial charge is 0.497 e. The molecule has 0 aromatic heterocycles. The van der Waals surface area contributed by atoms with Crippen LogP contribution in [-0.4, -0.2) is 32.6 Å². The highest BCUT2D eigenvalue weighted by Gasteiger charge is 2.24. The Bertz CT molecular complexity index is 389. The third-order valence-corrected chi connectivity index (χ3v) is 3.01. The molecule has 0 aliphatic carbocycles. The van der Waals surface area contributed by atoms with Crippen molar-refractivity contribution in [1.29, 1.82) is 0 Å². The molecular formula is C13H17NO3. The summed E-state index contributed by atoms with van der Waals surface area (Å²) < 4.78 is 10.3. The first kappa shape index (κ1) is 11.9. The minimum absolute atomic E-state index is 0.0631. The van der Waals surface area contributed by atoms with Crippen LogP contribution in [0.25, 0.3) is 0 Å². The minimum Gasteiger partial charge on any atom is -0.497 e. The standard InChI is InChI=1S/C13H17NO3/c1-16-10-6-9(7-11(8-10)17-2)13(15)12-4-3-5-14-12/h6-8,12,14H,3-5H2,1-2H3/t12-/m0/s1. The molecule has 1 aromatic rings. The van der Waals surface area contributed by atoms with Crippen LogP contribution in [0.1, 0.15) is 23.2 Å². The van der Waals surface area contributed by atoms with Gasteiger partial charge in [0.05, 0.1) is 20.3 Å². The molecule has 1 heterocycles. The molecule has 1 N–H and O–H groups in total. The lowest BCUT2D eigenvalue weighted by Crippen LogP contribution is -2.30. The second-order valence-corrected chi connectivity index (χ2v) is 4.11. The zero-order valence-corrected chi connectivity index (χ0v) is 10.2. The van der Waals surface area contributed by atoms with Gasteiger partial charge in [0.15, 0.2) is 5.78 Å². The summed E-state index contributed by atoms with van der Waals surface area (Å²) in [6.45, 7) is 0.914. The Morgan fingerprint density at radius 1 is 1.24 bits per heavy atom. The summed E-state index contributed by atoms with van der Waals surface area (Å²) in [5, 5.41) is 3.20. The van der Waals surface area contributed by atoms with Gasteiger partial charge in [-0.05, 0) is 31.5 Å². The number of benzene rings is 1. The van der Waals surface area contributed by atoms with Crippen molar-refractivity contribution in [3.63, 3.8) is 0 Å². The van der Waals surface area contributed by atoms with Crippen molar-refractivity contribution in [3.8, 4) is 11.5 Å². The van der Waals surface area contributed by atoms with Crippen molar-refractivity contribution >= 4 is 5.78 Å². The van der Waals surface area contributed by atoms with Crippen LogP contribution in [0.3, 0.4) is 0 Å². The van der Waals surface area contributed by atoms with Crippen molar-refractivity contribution in [2.24, 2.45) is 0 Å². The molecule has 0 unspecified atom stereocenters. The average Bonchev–Trinajstić information content (AvgIpc) is 2.91. The van der Waals surface area contributed by atoms with Crippen LogP contribution in [0.4, 0.5) is 0 Å². The maximum Gasteiger partial charge on any atom is 0.179 e. The summed E-state index contributed by atoms with van der Waals surface area (Å²) in [7, 11) is 3.16. The number of methoxy groups -OCH3 is 2. The second kappa shape index (κ2) is 5.19. The third kappa shape index (κ3) is 2.58. The van der Waals surface area contributed by atoms with Gasteiger partial charge in [0.25, 0.3) is 0 Å². The fraction of sp³-hybridized carbons (Fsp3) is 0.462. The van der Waals surface area contributed by atoms with Gasteiger partial charge in [-0.15, -0.1) is 0 Å². The molecule has 1 aromatic carbocycles. The van der Waals surface area contributed by atoms with E-state index in [-0.39, 0.29) is 11.8 Å². The molecule has 2 rings (SSSR count). The quantitative estimate of drug-likeness (QED) is 0.806. The third-order valence-electron chi connectivity index (χ3n) is 3.01. The van der Waals surface area contributed by atoms with Crippen LogP contribution in [0.15, 0.2) is 18.2 Å². The summed E-state index contributed by atoms with van der Waals surface area (Å²) in [5.74, 6) is 1.40. The van der Waals surface area contributed by atoms with E-state index >= 15 is 0 Å². The molecule has 1 atom stereocenters. The van der Waals surface area contributed by atoms with Crippen molar-refractivity contribution in [3.05, 3.63) is 23.8 Å². The zero-order valence-electron chi connectivity index (χ0n) is 10.2. The van der Waals surface area contributed by atoms with Crippen molar-refractivity contribution in [1.82, 2.24) is 5.32 Å². The Morgan fingerprint density at radius 3 is 2.35 bits per heavy atom. The zero-order chi connectivity index (χ0) is 12.3. The van der Waals surface area contributed by atoms with Crippen molar-refractivity contribution in [2.45, 2.75) is 18.9 Å². The molecule has 1 aliphatic rings. The van der Waals surface area contributed by atoms with Gasteiger partial charge >= 0.3 is 0 Å². The molecule has 0 spiro atoms. The predicted octanol–water partition coefficient (Wildman–Crippen LogP) is 1.64. The van der Waals surface area contributed by atoms with Gasteiger partial charge in [0.2, 0.25) is 0 Å². The number of carbonyl (C=O) groups excluding carboxylic acids is 1. The Kier molecular flexibility index (Phi) is 3.64. The van der Waals surface area contributed by atoms with Gasteiger partial charge in [-0.1, -0.05) is 0 Å². The van der Waals surface area contributed by atoms with Gasteiger partial charge in [-0.25, -0.2) is 0 Å². The van der Waals surface area contributed by atoms with Crippen LogP contribution in [0.2, 0.25) is 0 Å². The lowest BCUT2D eigenvalue weighted by atomic mass is 10.0. The summed E-state index contributed by atoms with van der Waals surface area (Å²) in [6, 6.07) is 5.21. The molecular weight excluding hydrogens is 218 g/mol. The molecule has 0 amide bonds. The predicted molar refractivity (Wildman–Crippen MR) is 64.9 cm³/mol. The Morgan fingerprint density at radius 2 is 1.88 bits per heavy atom.